The second kappa shape index (κ2) is 6.62. The van der Waals surface area contributed by atoms with Crippen molar-refractivity contribution in [3.8, 4) is 0 Å². The third kappa shape index (κ3) is 3.36. The number of imidazole rings is 1. The summed E-state index contributed by atoms with van der Waals surface area (Å²) in [7, 11) is 0. The predicted molar refractivity (Wildman–Crippen MR) is 72.4 cm³/mol. The molecule has 1 aliphatic rings. The largest absolute Gasteiger partial charge is 0.461 e. The smallest absolute Gasteiger partial charge is 0.367 e. The number of rotatable bonds is 6. The number of ether oxygens (including phenoxy) is 2. The summed E-state index contributed by atoms with van der Waals surface area (Å²) in [5, 5.41) is 0. The quantitative estimate of drug-likeness (QED) is 0.453. The molecule has 1 saturated heterocycles. The molecule has 0 bridgehead atoms. The van der Waals surface area contributed by atoms with E-state index < -0.39 is 11.8 Å². The number of aromatic nitrogens is 2. The van der Waals surface area contributed by atoms with Crippen molar-refractivity contribution in [1.82, 2.24) is 9.55 Å². The number of hydrogen-bond donors (Lipinski definition) is 0. The van der Waals surface area contributed by atoms with E-state index in [2.05, 4.69) is 9.72 Å². The Labute approximate surface area is 121 Å². The molecule has 0 amide bonds. The van der Waals surface area contributed by atoms with Crippen LogP contribution in [0.3, 0.4) is 0 Å². The van der Waals surface area contributed by atoms with E-state index in [-0.39, 0.29) is 18.5 Å². The van der Waals surface area contributed by atoms with Crippen LogP contribution in [0.15, 0.2) is 5.83 Å². The van der Waals surface area contributed by atoms with E-state index in [9.17, 15) is 14.0 Å². The van der Waals surface area contributed by atoms with Crippen molar-refractivity contribution < 1.29 is 23.5 Å². The van der Waals surface area contributed by atoms with E-state index >= 15 is 0 Å². The highest BCUT2D eigenvalue weighted by Crippen LogP contribution is 2.20. The summed E-state index contributed by atoms with van der Waals surface area (Å²) in [5.41, 5.74) is 0.842. The minimum atomic E-state index is -1.03. The fourth-order valence-corrected chi connectivity index (χ4v) is 2.08. The maximum Gasteiger partial charge on any atom is 0.367 e. The monoisotopic (exact) mass is 296 g/mol. The molecule has 0 saturated carbocycles. The van der Waals surface area contributed by atoms with Crippen LogP contribution < -0.4 is 0 Å². The van der Waals surface area contributed by atoms with Crippen molar-refractivity contribution >= 4 is 18.3 Å². The summed E-state index contributed by atoms with van der Waals surface area (Å²) < 4.78 is 25.3. The van der Waals surface area contributed by atoms with Gasteiger partial charge < -0.3 is 14.0 Å². The van der Waals surface area contributed by atoms with Crippen molar-refractivity contribution in [2.45, 2.75) is 32.9 Å². The summed E-state index contributed by atoms with van der Waals surface area (Å²) in [6.07, 6.45) is 2.51. The Hall–Kier alpha value is -2.02. The lowest BCUT2D eigenvalue weighted by Gasteiger charge is -2.27. The molecule has 1 aliphatic heterocycles. The van der Waals surface area contributed by atoms with Crippen LogP contribution in [0.1, 0.15) is 35.4 Å². The van der Waals surface area contributed by atoms with Gasteiger partial charge in [0.15, 0.2) is 12.1 Å². The van der Waals surface area contributed by atoms with Gasteiger partial charge in [-0.2, -0.15) is 4.39 Å². The molecule has 0 spiro atoms. The van der Waals surface area contributed by atoms with E-state index in [1.807, 2.05) is 0 Å². The second-order valence-electron chi connectivity index (χ2n) is 4.66. The number of carbonyl (C=O) groups is 2. The average molecular weight is 296 g/mol. The Kier molecular flexibility index (Phi) is 4.85. The van der Waals surface area contributed by atoms with E-state index in [1.165, 1.54) is 0 Å². The highest BCUT2D eigenvalue weighted by Gasteiger charge is 2.23. The minimum absolute atomic E-state index is 0.0184. The van der Waals surface area contributed by atoms with Gasteiger partial charge in [-0.05, 0) is 20.3 Å². The van der Waals surface area contributed by atoms with Crippen LogP contribution in [0, 0.1) is 6.92 Å². The van der Waals surface area contributed by atoms with Gasteiger partial charge in [0, 0.05) is 12.7 Å². The van der Waals surface area contributed by atoms with Crippen molar-refractivity contribution in [3.63, 3.8) is 0 Å². The zero-order valence-corrected chi connectivity index (χ0v) is 12.0. The van der Waals surface area contributed by atoms with Crippen LogP contribution in [0.4, 0.5) is 4.39 Å². The molecular formula is C14H17FN2O4. The molecule has 0 unspecified atom stereocenters. The van der Waals surface area contributed by atoms with Crippen LogP contribution in [0.25, 0.3) is 6.08 Å². The Balaban J connectivity index is 2.32. The van der Waals surface area contributed by atoms with E-state index in [0.29, 0.717) is 30.8 Å². The van der Waals surface area contributed by atoms with Gasteiger partial charge in [0.2, 0.25) is 5.83 Å². The zero-order chi connectivity index (χ0) is 15.4. The maximum absolute atomic E-state index is 13.8. The predicted octanol–water partition coefficient (Wildman–Crippen LogP) is 1.67. The molecule has 1 aromatic rings. The first-order chi connectivity index (χ1) is 10.1. The fourth-order valence-electron chi connectivity index (χ4n) is 2.08. The van der Waals surface area contributed by atoms with Crippen molar-refractivity contribution in [3.05, 3.63) is 23.0 Å². The number of aryl methyl sites for hydroxylation is 1. The lowest BCUT2D eigenvalue weighted by molar-refractivity contribution is -0.140. The Bertz CT molecular complexity index is 576. The van der Waals surface area contributed by atoms with Gasteiger partial charge in [0.25, 0.3) is 0 Å². The van der Waals surface area contributed by atoms with Crippen LogP contribution in [-0.2, 0) is 20.8 Å². The Morgan fingerprint density at radius 3 is 2.86 bits per heavy atom. The molecule has 2 heterocycles. The number of esters is 1. The third-order valence-corrected chi connectivity index (χ3v) is 3.24. The molecule has 114 valence electrons. The first-order valence-electron chi connectivity index (χ1n) is 6.75. The molecule has 2 rings (SSSR count). The second-order valence-corrected chi connectivity index (χ2v) is 4.66. The van der Waals surface area contributed by atoms with Gasteiger partial charge in [0.1, 0.15) is 0 Å². The molecule has 21 heavy (non-hydrogen) atoms. The summed E-state index contributed by atoms with van der Waals surface area (Å²) in [4.78, 5) is 26.5. The molecular weight excluding hydrogens is 279 g/mol. The topological polar surface area (TPSA) is 70.4 Å². The highest BCUT2D eigenvalue weighted by molar-refractivity contribution is 5.91. The lowest BCUT2D eigenvalue weighted by atomic mass is 10.2. The Morgan fingerprint density at radius 2 is 2.33 bits per heavy atom. The van der Waals surface area contributed by atoms with E-state index in [0.717, 1.165) is 12.5 Å². The number of halogens is 1. The first-order valence-corrected chi connectivity index (χ1v) is 6.75. The molecule has 0 radical (unpaired) electrons. The van der Waals surface area contributed by atoms with E-state index in [1.54, 1.807) is 18.4 Å². The first kappa shape index (κ1) is 15.4. The average Bonchev–Trinajstić information content (AvgIpc) is 2.70. The van der Waals surface area contributed by atoms with Gasteiger partial charge in [-0.15, -0.1) is 0 Å². The highest BCUT2D eigenvalue weighted by atomic mass is 19.1. The van der Waals surface area contributed by atoms with Crippen molar-refractivity contribution in [2.24, 2.45) is 0 Å². The SMILES string of the molecule is CCOC(=O)/C(F)=C\c1c(C)nc(C=O)n1C[C@@H]1CCO1. The summed E-state index contributed by atoms with van der Waals surface area (Å²) in [6.45, 7) is 4.41. The van der Waals surface area contributed by atoms with Crippen molar-refractivity contribution in [1.29, 1.82) is 0 Å². The van der Waals surface area contributed by atoms with Gasteiger partial charge in [-0.3, -0.25) is 4.79 Å². The zero-order valence-electron chi connectivity index (χ0n) is 12.0. The molecule has 1 fully saturated rings. The summed E-state index contributed by atoms with van der Waals surface area (Å²) in [6, 6.07) is 0. The third-order valence-electron chi connectivity index (χ3n) is 3.24. The van der Waals surface area contributed by atoms with E-state index in [4.69, 9.17) is 4.74 Å². The molecule has 1 atom stereocenters. The maximum atomic E-state index is 13.8. The molecule has 1 aromatic heterocycles. The summed E-state index contributed by atoms with van der Waals surface area (Å²) >= 11 is 0. The molecule has 7 heteroatoms. The van der Waals surface area contributed by atoms with Gasteiger partial charge >= 0.3 is 5.97 Å². The molecule has 6 nitrogen and oxygen atoms in total. The molecule has 0 aromatic carbocycles. The molecule has 0 N–H and O–H groups in total. The van der Waals surface area contributed by atoms with Crippen molar-refractivity contribution in [2.75, 3.05) is 13.2 Å². The summed E-state index contributed by atoms with van der Waals surface area (Å²) in [5.74, 6) is -1.86. The van der Waals surface area contributed by atoms with Crippen LogP contribution in [0.2, 0.25) is 0 Å². The molecule has 0 aliphatic carbocycles. The number of nitrogens with zero attached hydrogens (tertiary/aromatic N) is 2. The normalized spacial score (nSPS) is 18.2. The van der Waals surface area contributed by atoms with Gasteiger partial charge in [0.05, 0.1) is 30.6 Å². The van der Waals surface area contributed by atoms with Crippen LogP contribution in [-0.4, -0.2) is 41.1 Å². The number of hydrogen-bond acceptors (Lipinski definition) is 5. The number of carbonyl (C=O) groups excluding carboxylic acids is 2. The standard InChI is InChI=1S/C14H17FN2O4/c1-3-20-14(19)11(15)6-12-9(2)16-13(8-18)17(12)7-10-4-5-21-10/h6,8,10H,3-5,7H2,1-2H3/b11-6+/t10-/m0/s1. The van der Waals surface area contributed by atoms with Crippen LogP contribution in [0.5, 0.6) is 0 Å². The number of aldehydes is 1. The fraction of sp³-hybridized carbons (Fsp3) is 0.500. The van der Waals surface area contributed by atoms with Crippen LogP contribution >= 0.6 is 0 Å². The Morgan fingerprint density at radius 1 is 1.62 bits per heavy atom. The lowest BCUT2D eigenvalue weighted by Crippen LogP contribution is -2.32. The van der Waals surface area contributed by atoms with Gasteiger partial charge in [-0.25, -0.2) is 9.78 Å². The minimum Gasteiger partial charge on any atom is -0.461 e. The van der Waals surface area contributed by atoms with Gasteiger partial charge in [-0.1, -0.05) is 0 Å².